The first-order valence-corrected chi connectivity index (χ1v) is 3.28. The summed E-state index contributed by atoms with van der Waals surface area (Å²) < 4.78 is 5.55. The highest BCUT2D eigenvalue weighted by atomic mass is 16.5. The third-order valence-electron chi connectivity index (χ3n) is 1.67. The Labute approximate surface area is 51.8 Å². The second-order valence-electron chi connectivity index (χ2n) is 3.23. The highest BCUT2D eigenvalue weighted by Crippen LogP contribution is 2.27. The molecule has 1 heterocycles. The molecule has 0 N–H and O–H groups in total. The number of rotatable bonds is 0. The molecule has 0 bridgehead atoms. The lowest BCUT2D eigenvalue weighted by Crippen LogP contribution is -2.19. The quantitative estimate of drug-likeness (QED) is 0.415. The highest BCUT2D eigenvalue weighted by molar-refractivity contribution is 6.11. The Kier molecular flexibility index (Phi) is 1.36. The van der Waals surface area contributed by atoms with E-state index in [1.165, 1.54) is 12.8 Å². The van der Waals surface area contributed by atoms with E-state index in [9.17, 15) is 0 Å². The van der Waals surface area contributed by atoms with E-state index in [1.807, 2.05) is 0 Å². The summed E-state index contributed by atoms with van der Waals surface area (Å²) >= 11 is 0. The summed E-state index contributed by atoms with van der Waals surface area (Å²) in [4.78, 5) is 0. The summed E-state index contributed by atoms with van der Waals surface area (Å²) in [5.74, 6) is 0. The molecule has 1 nitrogen and oxygen atoms in total. The van der Waals surface area contributed by atoms with Crippen molar-refractivity contribution in [2.75, 3.05) is 0 Å². The zero-order valence-electron chi connectivity index (χ0n) is 5.90. The van der Waals surface area contributed by atoms with Crippen molar-refractivity contribution in [1.82, 2.24) is 0 Å². The van der Waals surface area contributed by atoms with E-state index in [0.29, 0.717) is 6.00 Å². The van der Waals surface area contributed by atoms with Crippen LogP contribution in [0.3, 0.4) is 0 Å². The van der Waals surface area contributed by atoms with Crippen molar-refractivity contribution < 1.29 is 4.74 Å². The molecule has 1 atom stereocenters. The molecule has 0 saturated carbocycles. The maximum Gasteiger partial charge on any atom is 0.139 e. The maximum atomic E-state index is 5.55. The lowest BCUT2D eigenvalue weighted by molar-refractivity contribution is 0.0185. The van der Waals surface area contributed by atoms with E-state index in [2.05, 4.69) is 21.7 Å². The fraction of sp³-hybridized carbons (Fsp3) is 1.00. The van der Waals surface area contributed by atoms with Gasteiger partial charge in [0.2, 0.25) is 0 Å². The second-order valence-corrected chi connectivity index (χ2v) is 3.23. The van der Waals surface area contributed by atoms with Gasteiger partial charge in [-0.05, 0) is 26.7 Å². The van der Waals surface area contributed by atoms with Crippen molar-refractivity contribution >= 4 is 7.85 Å². The molecule has 1 saturated heterocycles. The Balaban J connectivity index is 2.44. The molecule has 1 fully saturated rings. The zero-order valence-corrected chi connectivity index (χ0v) is 5.90. The van der Waals surface area contributed by atoms with Gasteiger partial charge in [0.25, 0.3) is 0 Å². The van der Waals surface area contributed by atoms with Crippen LogP contribution in [0.25, 0.3) is 0 Å². The monoisotopic (exact) mass is 112 g/mol. The topological polar surface area (TPSA) is 9.23 Å². The molecule has 0 radical (unpaired) electrons. The van der Waals surface area contributed by atoms with Crippen molar-refractivity contribution in [2.45, 2.75) is 38.3 Å². The van der Waals surface area contributed by atoms with Gasteiger partial charge in [0.1, 0.15) is 7.85 Å². The average Bonchev–Trinajstić information content (AvgIpc) is 1.82. The van der Waals surface area contributed by atoms with Crippen molar-refractivity contribution in [1.29, 1.82) is 0 Å². The Bertz CT molecular complexity index is 90.5. The van der Waals surface area contributed by atoms with Gasteiger partial charge in [0, 0.05) is 6.00 Å². The van der Waals surface area contributed by atoms with E-state index in [1.54, 1.807) is 0 Å². The van der Waals surface area contributed by atoms with Crippen molar-refractivity contribution in [3.8, 4) is 0 Å². The largest absolute Gasteiger partial charge is 0.381 e. The van der Waals surface area contributed by atoms with Crippen LogP contribution in [0.4, 0.5) is 0 Å². The van der Waals surface area contributed by atoms with Crippen molar-refractivity contribution in [2.24, 2.45) is 0 Å². The summed E-state index contributed by atoms with van der Waals surface area (Å²) in [5, 5.41) is 0. The van der Waals surface area contributed by atoms with Crippen molar-refractivity contribution in [3.63, 3.8) is 0 Å². The fourth-order valence-electron chi connectivity index (χ4n) is 1.21. The highest BCUT2D eigenvalue weighted by Gasteiger charge is 2.28. The smallest absolute Gasteiger partial charge is 0.139 e. The molecule has 0 aromatic rings. The fourth-order valence-corrected chi connectivity index (χ4v) is 1.21. The lowest BCUT2D eigenvalue weighted by atomic mass is 9.96. The Hall–Kier alpha value is 0.0249. The normalized spacial score (nSPS) is 35.5. The van der Waals surface area contributed by atoms with Gasteiger partial charge in [-0.1, -0.05) is 0 Å². The minimum Gasteiger partial charge on any atom is -0.381 e. The van der Waals surface area contributed by atoms with Crippen LogP contribution in [0.5, 0.6) is 0 Å². The summed E-state index contributed by atoms with van der Waals surface area (Å²) in [6.07, 6.45) is 2.45. The molecule has 0 aromatic heterocycles. The number of ether oxygens (including phenoxy) is 1. The molecular formula is C6H13BO. The number of hydrogen-bond donors (Lipinski definition) is 0. The van der Waals surface area contributed by atoms with Gasteiger partial charge in [-0.25, -0.2) is 0 Å². The first-order chi connectivity index (χ1) is 3.60. The van der Waals surface area contributed by atoms with Gasteiger partial charge in [0.15, 0.2) is 0 Å². The standard InChI is InChI=1S/C6H13BO/c1-6(2)4-3-5(7)8-6/h5H,3-4,7H2,1-2H3/t5-/m1/s1. The SMILES string of the molecule is B[C@H]1CCC(C)(C)O1. The van der Waals surface area contributed by atoms with Crippen LogP contribution in [0, 0.1) is 0 Å². The Morgan fingerprint density at radius 1 is 1.62 bits per heavy atom. The van der Waals surface area contributed by atoms with E-state index >= 15 is 0 Å². The van der Waals surface area contributed by atoms with Gasteiger partial charge in [-0.3, -0.25) is 0 Å². The van der Waals surface area contributed by atoms with Crippen LogP contribution in [0.2, 0.25) is 0 Å². The summed E-state index contributed by atoms with van der Waals surface area (Å²) in [7, 11) is 2.13. The molecule has 46 valence electrons. The number of hydrogen-bond acceptors (Lipinski definition) is 1. The molecule has 0 unspecified atom stereocenters. The molecule has 2 heteroatoms. The molecule has 0 aliphatic carbocycles. The first kappa shape index (κ1) is 6.15. The van der Waals surface area contributed by atoms with Crippen LogP contribution in [-0.4, -0.2) is 19.5 Å². The van der Waals surface area contributed by atoms with Gasteiger partial charge in [0.05, 0.1) is 5.60 Å². The average molecular weight is 112 g/mol. The molecule has 1 aliphatic heterocycles. The van der Waals surface area contributed by atoms with Crippen LogP contribution >= 0.6 is 0 Å². The minimum absolute atomic E-state index is 0.166. The van der Waals surface area contributed by atoms with Crippen LogP contribution in [0.1, 0.15) is 26.7 Å². The minimum atomic E-state index is 0.166. The van der Waals surface area contributed by atoms with E-state index < -0.39 is 0 Å². The molecule has 0 aromatic carbocycles. The Morgan fingerprint density at radius 2 is 2.25 bits per heavy atom. The first-order valence-electron chi connectivity index (χ1n) is 3.28. The Morgan fingerprint density at radius 3 is 2.38 bits per heavy atom. The predicted octanol–water partition coefficient (Wildman–Crippen LogP) is 0.535. The third-order valence-corrected chi connectivity index (χ3v) is 1.67. The van der Waals surface area contributed by atoms with Gasteiger partial charge in [-0.15, -0.1) is 0 Å². The van der Waals surface area contributed by atoms with Gasteiger partial charge >= 0.3 is 0 Å². The second kappa shape index (κ2) is 1.76. The molecule has 0 spiro atoms. The predicted molar refractivity (Wildman–Crippen MR) is 36.7 cm³/mol. The van der Waals surface area contributed by atoms with E-state index in [0.717, 1.165) is 0 Å². The van der Waals surface area contributed by atoms with Gasteiger partial charge < -0.3 is 4.74 Å². The van der Waals surface area contributed by atoms with Crippen LogP contribution in [0.15, 0.2) is 0 Å². The summed E-state index contributed by atoms with van der Waals surface area (Å²) in [5.41, 5.74) is 0.166. The third kappa shape index (κ3) is 1.25. The van der Waals surface area contributed by atoms with Crippen LogP contribution < -0.4 is 0 Å². The van der Waals surface area contributed by atoms with E-state index in [4.69, 9.17) is 4.74 Å². The van der Waals surface area contributed by atoms with Gasteiger partial charge in [-0.2, -0.15) is 0 Å². The summed E-state index contributed by atoms with van der Waals surface area (Å²) in [6.45, 7) is 4.30. The molecule has 0 amide bonds. The lowest BCUT2D eigenvalue weighted by Gasteiger charge is -2.16. The maximum absolute atomic E-state index is 5.55. The molecular weight excluding hydrogens is 98.9 g/mol. The van der Waals surface area contributed by atoms with Crippen molar-refractivity contribution in [3.05, 3.63) is 0 Å². The van der Waals surface area contributed by atoms with Crippen LogP contribution in [-0.2, 0) is 4.74 Å². The molecule has 1 rings (SSSR count). The zero-order chi connectivity index (χ0) is 6.20. The summed E-state index contributed by atoms with van der Waals surface area (Å²) in [6, 6.07) is 0.491. The molecule has 1 aliphatic rings. The van der Waals surface area contributed by atoms with E-state index in [-0.39, 0.29) is 5.60 Å². The molecule has 8 heavy (non-hydrogen) atoms.